The summed E-state index contributed by atoms with van der Waals surface area (Å²) in [4.78, 5) is 18.5. The Morgan fingerprint density at radius 3 is 2.65 bits per heavy atom. The molecule has 1 amide bonds. The number of likely N-dealkylation sites (N-methyl/N-ethyl adjacent to an activating group) is 1. The van der Waals surface area contributed by atoms with Gasteiger partial charge in [-0.15, -0.1) is 0 Å². The third-order valence-electron chi connectivity index (χ3n) is 2.48. The zero-order chi connectivity index (χ0) is 15.3. The van der Waals surface area contributed by atoms with Crippen LogP contribution >= 0.6 is 11.3 Å². The first-order valence-electron chi connectivity index (χ1n) is 6.71. The van der Waals surface area contributed by atoms with Crippen molar-refractivity contribution in [1.82, 2.24) is 9.88 Å². The van der Waals surface area contributed by atoms with Crippen LogP contribution in [0.5, 0.6) is 0 Å². The van der Waals surface area contributed by atoms with E-state index in [9.17, 15) is 4.79 Å². The highest BCUT2D eigenvalue weighted by molar-refractivity contribution is 7.18. The molecule has 20 heavy (non-hydrogen) atoms. The second-order valence-corrected chi connectivity index (χ2v) is 6.18. The molecule has 114 valence electrons. The Kier molecular flexibility index (Phi) is 6.22. The van der Waals surface area contributed by atoms with Gasteiger partial charge in [0.1, 0.15) is 10.7 Å². The van der Waals surface area contributed by atoms with Crippen molar-refractivity contribution in [2.75, 3.05) is 31.2 Å². The summed E-state index contributed by atoms with van der Waals surface area (Å²) in [6, 6.07) is 0.251. The lowest BCUT2D eigenvalue weighted by Gasteiger charge is -2.17. The van der Waals surface area contributed by atoms with Crippen LogP contribution in [0, 0.1) is 0 Å². The molecule has 0 saturated carbocycles. The van der Waals surface area contributed by atoms with Crippen LogP contribution in [0.4, 0.5) is 10.9 Å². The molecular formula is C13H24N4O2S. The van der Waals surface area contributed by atoms with E-state index in [1.54, 1.807) is 11.9 Å². The van der Waals surface area contributed by atoms with Crippen LogP contribution in [0.1, 0.15) is 37.4 Å². The maximum atomic E-state index is 12.3. The molecule has 7 heteroatoms. The fraction of sp³-hybridized carbons (Fsp3) is 0.692. The van der Waals surface area contributed by atoms with E-state index in [0.29, 0.717) is 23.2 Å². The van der Waals surface area contributed by atoms with Gasteiger partial charge < -0.3 is 20.7 Å². The largest absolute Gasteiger partial charge is 0.382 e. The van der Waals surface area contributed by atoms with E-state index in [1.165, 1.54) is 11.3 Å². The van der Waals surface area contributed by atoms with Gasteiger partial charge in [-0.25, -0.2) is 4.98 Å². The van der Waals surface area contributed by atoms with Gasteiger partial charge >= 0.3 is 0 Å². The van der Waals surface area contributed by atoms with Gasteiger partial charge in [0, 0.05) is 19.6 Å². The van der Waals surface area contributed by atoms with Crippen molar-refractivity contribution in [3.8, 4) is 0 Å². The van der Waals surface area contributed by atoms with E-state index in [4.69, 9.17) is 10.5 Å². The first-order valence-corrected chi connectivity index (χ1v) is 7.52. The zero-order valence-electron chi connectivity index (χ0n) is 12.8. The number of amides is 1. The zero-order valence-corrected chi connectivity index (χ0v) is 13.6. The molecule has 0 aliphatic heterocycles. The van der Waals surface area contributed by atoms with E-state index in [0.717, 1.165) is 0 Å². The Morgan fingerprint density at radius 1 is 1.45 bits per heavy atom. The predicted molar refractivity (Wildman–Crippen MR) is 83.3 cm³/mol. The lowest BCUT2D eigenvalue weighted by Crippen LogP contribution is -2.30. The van der Waals surface area contributed by atoms with Gasteiger partial charge in [-0.3, -0.25) is 4.79 Å². The third-order valence-corrected chi connectivity index (χ3v) is 3.47. The van der Waals surface area contributed by atoms with Gasteiger partial charge in [0.05, 0.1) is 12.7 Å². The summed E-state index contributed by atoms with van der Waals surface area (Å²) in [7, 11) is 1.74. The van der Waals surface area contributed by atoms with Crippen LogP contribution in [-0.2, 0) is 4.74 Å². The van der Waals surface area contributed by atoms with Gasteiger partial charge in [-0.2, -0.15) is 0 Å². The molecule has 3 N–H and O–H groups in total. The van der Waals surface area contributed by atoms with Crippen LogP contribution in [0.3, 0.4) is 0 Å². The van der Waals surface area contributed by atoms with Crippen molar-refractivity contribution >= 4 is 28.2 Å². The number of nitrogens with zero attached hydrogens (tertiary/aromatic N) is 2. The van der Waals surface area contributed by atoms with Gasteiger partial charge in [-0.1, -0.05) is 11.3 Å². The lowest BCUT2D eigenvalue weighted by molar-refractivity contribution is 0.0535. The second-order valence-electron chi connectivity index (χ2n) is 5.18. The van der Waals surface area contributed by atoms with Crippen LogP contribution in [0.2, 0.25) is 0 Å². The number of hydrogen-bond acceptors (Lipinski definition) is 6. The number of rotatable bonds is 7. The molecule has 0 aromatic carbocycles. The average Bonchev–Trinajstić information content (AvgIpc) is 2.67. The molecule has 0 aliphatic rings. The Labute approximate surface area is 124 Å². The van der Waals surface area contributed by atoms with E-state index < -0.39 is 0 Å². The smallest absolute Gasteiger partial charge is 0.267 e. The monoisotopic (exact) mass is 300 g/mol. The molecule has 0 fully saturated rings. The standard InChI is InChI=1S/C13H24N4O2S/c1-8(2)15-13-16-11(14)10(20-13)12(18)17(5)6-7-19-9(3)4/h8-9H,6-7,14H2,1-5H3,(H,15,16). The van der Waals surface area contributed by atoms with Gasteiger partial charge in [0.25, 0.3) is 5.91 Å². The maximum Gasteiger partial charge on any atom is 0.267 e. The number of aromatic nitrogens is 1. The average molecular weight is 300 g/mol. The Balaban J connectivity index is 2.64. The van der Waals surface area contributed by atoms with Crippen molar-refractivity contribution in [2.45, 2.75) is 39.8 Å². The molecule has 1 rings (SSSR count). The first-order chi connectivity index (χ1) is 9.31. The minimum atomic E-state index is -0.121. The summed E-state index contributed by atoms with van der Waals surface area (Å²) in [5.74, 6) is 0.156. The molecule has 0 radical (unpaired) electrons. The molecule has 6 nitrogen and oxygen atoms in total. The third kappa shape index (κ3) is 4.97. The Morgan fingerprint density at radius 2 is 2.10 bits per heavy atom. The summed E-state index contributed by atoms with van der Waals surface area (Å²) in [6.07, 6.45) is 0.161. The number of hydrogen-bond donors (Lipinski definition) is 2. The van der Waals surface area contributed by atoms with Crippen molar-refractivity contribution in [2.24, 2.45) is 0 Å². The fourth-order valence-electron chi connectivity index (χ4n) is 1.49. The molecular weight excluding hydrogens is 276 g/mol. The van der Waals surface area contributed by atoms with Gasteiger partial charge in [0.15, 0.2) is 5.13 Å². The van der Waals surface area contributed by atoms with Gasteiger partial charge in [0.2, 0.25) is 0 Å². The molecule has 1 aromatic heterocycles. The van der Waals surface area contributed by atoms with E-state index in [2.05, 4.69) is 10.3 Å². The fourth-order valence-corrected chi connectivity index (χ4v) is 2.52. The topological polar surface area (TPSA) is 80.5 Å². The van der Waals surface area contributed by atoms with Crippen molar-refractivity contribution in [1.29, 1.82) is 0 Å². The summed E-state index contributed by atoms with van der Waals surface area (Å²) in [6.45, 7) is 8.99. The Hall–Kier alpha value is -1.34. The SMILES string of the molecule is CC(C)Nc1nc(N)c(C(=O)N(C)CCOC(C)C)s1. The summed E-state index contributed by atoms with van der Waals surface area (Å²) >= 11 is 1.28. The molecule has 0 bridgehead atoms. The van der Waals surface area contributed by atoms with Crippen LogP contribution in [0.25, 0.3) is 0 Å². The number of nitrogens with one attached hydrogen (secondary N) is 1. The van der Waals surface area contributed by atoms with Gasteiger partial charge in [-0.05, 0) is 27.7 Å². The van der Waals surface area contributed by atoms with Crippen LogP contribution < -0.4 is 11.1 Å². The van der Waals surface area contributed by atoms with Crippen molar-refractivity contribution in [3.05, 3.63) is 4.88 Å². The number of nitrogen functional groups attached to an aromatic ring is 1. The number of carbonyl (C=O) groups is 1. The molecule has 0 aliphatic carbocycles. The van der Waals surface area contributed by atoms with Crippen LogP contribution in [0.15, 0.2) is 0 Å². The molecule has 0 unspecified atom stereocenters. The highest BCUT2D eigenvalue weighted by Gasteiger charge is 2.20. The van der Waals surface area contributed by atoms with Crippen molar-refractivity contribution in [3.63, 3.8) is 0 Å². The number of anilines is 2. The number of thiazole rings is 1. The Bertz CT molecular complexity index is 446. The highest BCUT2D eigenvalue weighted by atomic mass is 32.1. The van der Waals surface area contributed by atoms with E-state index in [1.807, 2.05) is 27.7 Å². The number of carbonyl (C=O) groups excluding carboxylic acids is 1. The lowest BCUT2D eigenvalue weighted by atomic mass is 10.4. The maximum absolute atomic E-state index is 12.3. The number of nitrogens with two attached hydrogens (primary N) is 1. The van der Waals surface area contributed by atoms with Crippen LogP contribution in [-0.4, -0.2) is 48.1 Å². The molecule has 0 spiro atoms. The van der Waals surface area contributed by atoms with E-state index in [-0.39, 0.29) is 23.9 Å². The predicted octanol–water partition coefficient (Wildman–Crippen LogP) is 2.04. The highest BCUT2D eigenvalue weighted by Crippen LogP contribution is 2.26. The quantitative estimate of drug-likeness (QED) is 0.805. The molecule has 1 heterocycles. The minimum absolute atomic E-state index is 0.121. The summed E-state index contributed by atoms with van der Waals surface area (Å²) in [5.41, 5.74) is 5.81. The first kappa shape index (κ1) is 16.7. The summed E-state index contributed by atoms with van der Waals surface area (Å²) < 4.78 is 5.44. The minimum Gasteiger partial charge on any atom is -0.382 e. The van der Waals surface area contributed by atoms with E-state index >= 15 is 0 Å². The summed E-state index contributed by atoms with van der Waals surface area (Å²) in [5, 5.41) is 3.82. The molecule has 0 atom stereocenters. The number of ether oxygens (including phenoxy) is 1. The molecule has 1 aromatic rings. The van der Waals surface area contributed by atoms with Crippen molar-refractivity contribution < 1.29 is 9.53 Å². The second kappa shape index (κ2) is 7.44. The molecule has 0 saturated heterocycles. The normalized spacial score (nSPS) is 11.2.